The fraction of sp³-hybridized carbons (Fsp3) is 0.409. The van der Waals surface area contributed by atoms with Gasteiger partial charge in [-0.2, -0.15) is 4.31 Å². The van der Waals surface area contributed by atoms with E-state index in [9.17, 15) is 13.2 Å². The number of nitrogens with zero attached hydrogens (tertiary/aromatic N) is 1. The molecule has 0 saturated carbocycles. The van der Waals surface area contributed by atoms with E-state index in [1.807, 2.05) is 51.1 Å². The fourth-order valence-electron chi connectivity index (χ4n) is 3.31. The molecule has 1 fully saturated rings. The SMILES string of the molecule is Cc1ccc(COC(=O)C2CCN(S(=O)(=O)c3ccc(C)c(C)c3)CC2)cc1. The molecule has 0 unspecified atom stereocenters. The van der Waals surface area contributed by atoms with Crippen molar-refractivity contribution in [3.8, 4) is 0 Å². The van der Waals surface area contributed by atoms with Gasteiger partial charge in [0.2, 0.25) is 10.0 Å². The number of piperidine rings is 1. The Labute approximate surface area is 167 Å². The van der Waals surface area contributed by atoms with Crippen LogP contribution in [0.15, 0.2) is 47.4 Å². The molecule has 3 rings (SSSR count). The van der Waals surface area contributed by atoms with Gasteiger partial charge < -0.3 is 4.74 Å². The highest BCUT2D eigenvalue weighted by atomic mass is 32.2. The van der Waals surface area contributed by atoms with Gasteiger partial charge in [-0.1, -0.05) is 35.9 Å². The summed E-state index contributed by atoms with van der Waals surface area (Å²) in [5.41, 5.74) is 4.13. The Morgan fingerprint density at radius 1 is 1.00 bits per heavy atom. The monoisotopic (exact) mass is 401 g/mol. The number of carbonyl (C=O) groups excluding carboxylic acids is 1. The molecule has 1 aliphatic heterocycles. The standard InChI is InChI=1S/C22H27NO4S/c1-16-4-7-19(8-5-16)15-27-22(24)20-10-12-23(13-11-20)28(25,26)21-9-6-17(2)18(3)14-21/h4-9,14,20H,10-13,15H2,1-3H3. The van der Waals surface area contributed by atoms with E-state index in [1.54, 1.807) is 12.1 Å². The molecule has 5 nitrogen and oxygen atoms in total. The van der Waals surface area contributed by atoms with Crippen LogP contribution >= 0.6 is 0 Å². The zero-order chi connectivity index (χ0) is 20.3. The van der Waals surface area contributed by atoms with Gasteiger partial charge in [-0.05, 0) is 62.4 Å². The molecule has 0 amide bonds. The number of rotatable bonds is 5. The second-order valence-corrected chi connectivity index (χ2v) is 9.46. The van der Waals surface area contributed by atoms with Gasteiger partial charge >= 0.3 is 5.97 Å². The molecule has 2 aromatic rings. The maximum Gasteiger partial charge on any atom is 0.309 e. The fourth-order valence-corrected chi connectivity index (χ4v) is 4.87. The minimum absolute atomic E-state index is 0.246. The van der Waals surface area contributed by atoms with Crippen molar-refractivity contribution in [1.29, 1.82) is 0 Å². The highest BCUT2D eigenvalue weighted by molar-refractivity contribution is 7.89. The average molecular weight is 402 g/mol. The van der Waals surface area contributed by atoms with E-state index in [0.29, 0.717) is 30.8 Å². The van der Waals surface area contributed by atoms with E-state index in [1.165, 1.54) is 4.31 Å². The van der Waals surface area contributed by atoms with Crippen LogP contribution in [0.3, 0.4) is 0 Å². The molecule has 0 aliphatic carbocycles. The first kappa shape index (κ1) is 20.6. The molecule has 0 N–H and O–H groups in total. The Hall–Kier alpha value is -2.18. The van der Waals surface area contributed by atoms with Crippen molar-refractivity contribution in [2.75, 3.05) is 13.1 Å². The first-order valence-corrected chi connectivity index (χ1v) is 11.0. The molecule has 0 radical (unpaired) electrons. The Balaban J connectivity index is 1.56. The second kappa shape index (κ2) is 8.45. The number of hydrogen-bond acceptors (Lipinski definition) is 4. The molecular formula is C22H27NO4S. The van der Waals surface area contributed by atoms with E-state index in [0.717, 1.165) is 22.3 Å². The molecule has 6 heteroatoms. The lowest BCUT2D eigenvalue weighted by Gasteiger charge is -2.30. The lowest BCUT2D eigenvalue weighted by Crippen LogP contribution is -2.40. The van der Waals surface area contributed by atoms with Gasteiger partial charge in [-0.25, -0.2) is 8.42 Å². The van der Waals surface area contributed by atoms with Crippen LogP contribution in [0.1, 0.15) is 35.1 Å². The van der Waals surface area contributed by atoms with E-state index in [2.05, 4.69) is 0 Å². The largest absolute Gasteiger partial charge is 0.461 e. The molecule has 1 heterocycles. The zero-order valence-corrected chi connectivity index (χ0v) is 17.5. The Morgan fingerprint density at radius 2 is 1.64 bits per heavy atom. The molecule has 1 saturated heterocycles. The summed E-state index contributed by atoms with van der Waals surface area (Å²) in [6.07, 6.45) is 0.966. The molecule has 28 heavy (non-hydrogen) atoms. The minimum Gasteiger partial charge on any atom is -0.461 e. The van der Waals surface area contributed by atoms with Crippen LogP contribution in [-0.4, -0.2) is 31.8 Å². The van der Waals surface area contributed by atoms with Crippen molar-refractivity contribution in [3.63, 3.8) is 0 Å². The van der Waals surface area contributed by atoms with Crippen molar-refractivity contribution in [1.82, 2.24) is 4.31 Å². The van der Waals surface area contributed by atoms with Crippen molar-refractivity contribution in [2.45, 2.75) is 45.1 Å². The smallest absolute Gasteiger partial charge is 0.309 e. The summed E-state index contributed by atoms with van der Waals surface area (Å²) in [4.78, 5) is 12.7. The second-order valence-electron chi connectivity index (χ2n) is 7.52. The topological polar surface area (TPSA) is 63.7 Å². The summed E-state index contributed by atoms with van der Waals surface area (Å²) >= 11 is 0. The first-order valence-electron chi connectivity index (χ1n) is 9.57. The van der Waals surface area contributed by atoms with Crippen molar-refractivity contribution >= 4 is 16.0 Å². The van der Waals surface area contributed by atoms with Crippen molar-refractivity contribution in [2.24, 2.45) is 5.92 Å². The third kappa shape index (κ3) is 4.62. The number of hydrogen-bond donors (Lipinski definition) is 0. The molecule has 0 atom stereocenters. The normalized spacial score (nSPS) is 16.1. The molecule has 150 valence electrons. The van der Waals surface area contributed by atoms with Crippen LogP contribution in [0, 0.1) is 26.7 Å². The van der Waals surface area contributed by atoms with E-state index in [4.69, 9.17) is 4.74 Å². The molecule has 0 aromatic heterocycles. The summed E-state index contributed by atoms with van der Waals surface area (Å²) < 4.78 is 32.7. The molecule has 0 bridgehead atoms. The van der Waals surface area contributed by atoms with Gasteiger partial charge in [0.1, 0.15) is 6.61 Å². The van der Waals surface area contributed by atoms with Gasteiger partial charge in [-0.15, -0.1) is 0 Å². The number of ether oxygens (including phenoxy) is 1. The summed E-state index contributed by atoms with van der Waals surface area (Å²) in [6, 6.07) is 13.1. The van der Waals surface area contributed by atoms with Gasteiger partial charge in [0, 0.05) is 13.1 Å². The van der Waals surface area contributed by atoms with Gasteiger partial charge in [0.05, 0.1) is 10.8 Å². The first-order chi connectivity index (χ1) is 13.3. The lowest BCUT2D eigenvalue weighted by atomic mass is 9.98. The summed E-state index contributed by atoms with van der Waals surface area (Å²) in [7, 11) is -3.53. The lowest BCUT2D eigenvalue weighted by molar-refractivity contribution is -0.151. The third-order valence-corrected chi connectivity index (χ3v) is 7.30. The van der Waals surface area contributed by atoms with Crippen LogP contribution in [-0.2, 0) is 26.2 Å². The van der Waals surface area contributed by atoms with E-state index >= 15 is 0 Å². The van der Waals surface area contributed by atoms with Crippen LogP contribution in [0.5, 0.6) is 0 Å². The Bertz CT molecular complexity index is 943. The van der Waals surface area contributed by atoms with E-state index in [-0.39, 0.29) is 18.5 Å². The maximum absolute atomic E-state index is 12.9. The predicted octanol–water partition coefficient (Wildman–Crippen LogP) is 3.76. The molecule has 0 spiro atoms. The average Bonchev–Trinajstić information content (AvgIpc) is 2.69. The van der Waals surface area contributed by atoms with Crippen molar-refractivity contribution in [3.05, 3.63) is 64.7 Å². The number of esters is 1. The van der Waals surface area contributed by atoms with Gasteiger partial charge in [0.15, 0.2) is 0 Å². The van der Waals surface area contributed by atoms with Crippen LogP contribution in [0.2, 0.25) is 0 Å². The highest BCUT2D eigenvalue weighted by Gasteiger charge is 2.32. The Morgan fingerprint density at radius 3 is 2.25 bits per heavy atom. The summed E-state index contributed by atoms with van der Waals surface area (Å²) in [6.45, 7) is 6.79. The zero-order valence-electron chi connectivity index (χ0n) is 16.6. The van der Waals surface area contributed by atoms with Gasteiger partial charge in [-0.3, -0.25) is 4.79 Å². The van der Waals surface area contributed by atoms with E-state index < -0.39 is 10.0 Å². The van der Waals surface area contributed by atoms with Crippen LogP contribution < -0.4 is 0 Å². The highest BCUT2D eigenvalue weighted by Crippen LogP contribution is 2.26. The predicted molar refractivity (Wildman–Crippen MR) is 108 cm³/mol. The molecule has 1 aliphatic rings. The minimum atomic E-state index is -3.53. The number of benzene rings is 2. The number of aryl methyl sites for hydroxylation is 3. The summed E-state index contributed by atoms with van der Waals surface area (Å²) in [5.74, 6) is -0.500. The maximum atomic E-state index is 12.9. The van der Waals surface area contributed by atoms with Gasteiger partial charge in [0.25, 0.3) is 0 Å². The molecule has 2 aromatic carbocycles. The van der Waals surface area contributed by atoms with Crippen LogP contribution in [0.4, 0.5) is 0 Å². The van der Waals surface area contributed by atoms with Crippen molar-refractivity contribution < 1.29 is 17.9 Å². The number of sulfonamides is 1. The third-order valence-electron chi connectivity index (χ3n) is 5.41. The quantitative estimate of drug-likeness (QED) is 0.716. The molecular weight excluding hydrogens is 374 g/mol. The Kier molecular flexibility index (Phi) is 6.20. The summed E-state index contributed by atoms with van der Waals surface area (Å²) in [5, 5.41) is 0. The number of carbonyl (C=O) groups is 1. The van der Waals surface area contributed by atoms with Crippen LogP contribution in [0.25, 0.3) is 0 Å².